The van der Waals surface area contributed by atoms with Gasteiger partial charge in [-0.25, -0.2) is 0 Å². The summed E-state index contributed by atoms with van der Waals surface area (Å²) in [5, 5.41) is 3.97. The van der Waals surface area contributed by atoms with Gasteiger partial charge >= 0.3 is 0 Å². The highest BCUT2D eigenvalue weighted by Gasteiger charge is 2.14. The molecule has 0 radical (unpaired) electrons. The SMILES string of the molecule is CNCC[C@H](c1ccc(Cl)cc1)c1ccccn1. The molecule has 0 aliphatic carbocycles. The highest BCUT2D eigenvalue weighted by molar-refractivity contribution is 6.30. The summed E-state index contributed by atoms with van der Waals surface area (Å²) in [7, 11) is 1.97. The Balaban J connectivity index is 2.27. The molecule has 2 rings (SSSR count). The maximum Gasteiger partial charge on any atom is 0.0478 e. The molecule has 1 N–H and O–H groups in total. The van der Waals surface area contributed by atoms with Crippen molar-refractivity contribution in [3.8, 4) is 0 Å². The van der Waals surface area contributed by atoms with Gasteiger partial charge < -0.3 is 5.32 Å². The van der Waals surface area contributed by atoms with Gasteiger partial charge in [-0.15, -0.1) is 0 Å². The van der Waals surface area contributed by atoms with Crippen molar-refractivity contribution in [3.63, 3.8) is 0 Å². The van der Waals surface area contributed by atoms with Crippen molar-refractivity contribution in [2.45, 2.75) is 12.3 Å². The molecule has 1 aromatic carbocycles. The first-order valence-corrected chi connectivity index (χ1v) is 6.50. The number of hydrogen-bond donors (Lipinski definition) is 1. The monoisotopic (exact) mass is 260 g/mol. The minimum Gasteiger partial charge on any atom is -0.320 e. The maximum absolute atomic E-state index is 5.94. The number of hydrogen-bond acceptors (Lipinski definition) is 2. The number of pyridine rings is 1. The van der Waals surface area contributed by atoms with Crippen LogP contribution in [-0.4, -0.2) is 18.6 Å². The molecule has 2 nitrogen and oxygen atoms in total. The van der Waals surface area contributed by atoms with E-state index in [2.05, 4.69) is 28.5 Å². The Bertz CT molecular complexity index is 468. The van der Waals surface area contributed by atoms with Crippen LogP contribution in [0.5, 0.6) is 0 Å². The minimum atomic E-state index is 0.316. The average Bonchev–Trinajstić information content (AvgIpc) is 2.42. The lowest BCUT2D eigenvalue weighted by Crippen LogP contribution is -2.13. The van der Waals surface area contributed by atoms with Crippen molar-refractivity contribution in [3.05, 3.63) is 64.9 Å². The Morgan fingerprint density at radius 1 is 1.17 bits per heavy atom. The van der Waals surface area contributed by atoms with Gasteiger partial charge in [0.05, 0.1) is 0 Å². The largest absolute Gasteiger partial charge is 0.320 e. The molecule has 0 fully saturated rings. The first kappa shape index (κ1) is 13.1. The van der Waals surface area contributed by atoms with Gasteiger partial charge in [0.2, 0.25) is 0 Å². The number of halogens is 1. The van der Waals surface area contributed by atoms with Gasteiger partial charge in [-0.05, 0) is 49.8 Å². The first-order valence-electron chi connectivity index (χ1n) is 6.12. The van der Waals surface area contributed by atoms with Gasteiger partial charge in [0, 0.05) is 22.8 Å². The summed E-state index contributed by atoms with van der Waals surface area (Å²) in [5.74, 6) is 0.316. The van der Waals surface area contributed by atoms with Crippen LogP contribution in [0.3, 0.4) is 0 Å². The molecule has 94 valence electrons. The highest BCUT2D eigenvalue weighted by atomic mass is 35.5. The summed E-state index contributed by atoms with van der Waals surface area (Å²) in [6.07, 6.45) is 2.87. The summed E-state index contributed by atoms with van der Waals surface area (Å²) < 4.78 is 0. The van der Waals surface area contributed by atoms with E-state index in [0.29, 0.717) is 5.92 Å². The molecule has 0 saturated carbocycles. The van der Waals surface area contributed by atoms with E-state index in [1.807, 2.05) is 37.5 Å². The molecule has 0 spiro atoms. The molecule has 3 heteroatoms. The number of aromatic nitrogens is 1. The third-order valence-electron chi connectivity index (χ3n) is 3.00. The second-order valence-corrected chi connectivity index (χ2v) is 4.69. The molecular weight excluding hydrogens is 244 g/mol. The normalized spacial score (nSPS) is 12.3. The molecule has 0 aliphatic rings. The summed E-state index contributed by atoms with van der Waals surface area (Å²) in [6, 6.07) is 14.1. The van der Waals surface area contributed by atoms with E-state index in [-0.39, 0.29) is 0 Å². The molecule has 0 aliphatic heterocycles. The van der Waals surface area contributed by atoms with Gasteiger partial charge in [0.25, 0.3) is 0 Å². The van der Waals surface area contributed by atoms with Gasteiger partial charge in [-0.1, -0.05) is 29.8 Å². The predicted octanol–water partition coefficient (Wildman–Crippen LogP) is 3.48. The first-order chi connectivity index (χ1) is 8.81. The average molecular weight is 261 g/mol. The third-order valence-corrected chi connectivity index (χ3v) is 3.25. The second-order valence-electron chi connectivity index (χ2n) is 4.25. The quantitative estimate of drug-likeness (QED) is 0.890. The van der Waals surface area contributed by atoms with Gasteiger partial charge in [-0.2, -0.15) is 0 Å². The van der Waals surface area contributed by atoms with E-state index >= 15 is 0 Å². The van der Waals surface area contributed by atoms with Crippen molar-refractivity contribution in [2.24, 2.45) is 0 Å². The van der Waals surface area contributed by atoms with Crippen LogP contribution < -0.4 is 5.32 Å². The summed E-state index contributed by atoms with van der Waals surface area (Å²) in [4.78, 5) is 4.47. The van der Waals surface area contributed by atoms with E-state index in [9.17, 15) is 0 Å². The van der Waals surface area contributed by atoms with E-state index in [1.54, 1.807) is 0 Å². The van der Waals surface area contributed by atoms with E-state index in [0.717, 1.165) is 23.7 Å². The van der Waals surface area contributed by atoms with Crippen molar-refractivity contribution in [1.29, 1.82) is 0 Å². The lowest BCUT2D eigenvalue weighted by Gasteiger charge is -2.16. The highest BCUT2D eigenvalue weighted by Crippen LogP contribution is 2.27. The number of rotatable bonds is 5. The predicted molar refractivity (Wildman–Crippen MR) is 76.1 cm³/mol. The van der Waals surface area contributed by atoms with E-state index < -0.39 is 0 Å². The van der Waals surface area contributed by atoms with E-state index in [1.165, 1.54) is 5.56 Å². The van der Waals surface area contributed by atoms with E-state index in [4.69, 9.17) is 11.6 Å². The standard InChI is InChI=1S/C15H17ClN2/c1-17-11-9-14(15-4-2-3-10-18-15)12-5-7-13(16)8-6-12/h2-8,10,14,17H,9,11H2,1H3/t14-/m1/s1. The number of benzene rings is 1. The lowest BCUT2D eigenvalue weighted by atomic mass is 9.92. The smallest absolute Gasteiger partial charge is 0.0478 e. The van der Waals surface area contributed by atoms with Crippen LogP contribution in [0, 0.1) is 0 Å². The summed E-state index contributed by atoms with van der Waals surface area (Å²) in [6.45, 7) is 0.962. The van der Waals surface area contributed by atoms with Crippen molar-refractivity contribution < 1.29 is 0 Å². The van der Waals surface area contributed by atoms with Crippen molar-refractivity contribution in [1.82, 2.24) is 10.3 Å². The van der Waals surface area contributed by atoms with Crippen LogP contribution in [0.1, 0.15) is 23.6 Å². The molecule has 2 aromatic rings. The topological polar surface area (TPSA) is 24.9 Å². The van der Waals surface area contributed by atoms with Crippen LogP contribution in [0.25, 0.3) is 0 Å². The Kier molecular flexibility index (Phi) is 4.73. The second kappa shape index (κ2) is 6.53. The fraction of sp³-hybridized carbons (Fsp3) is 0.267. The zero-order valence-corrected chi connectivity index (χ0v) is 11.2. The molecular formula is C15H17ClN2. The van der Waals surface area contributed by atoms with Crippen LogP contribution >= 0.6 is 11.6 Å². The van der Waals surface area contributed by atoms with Crippen LogP contribution in [0.15, 0.2) is 48.7 Å². The molecule has 0 saturated heterocycles. The number of nitrogens with one attached hydrogen (secondary N) is 1. The third kappa shape index (κ3) is 3.31. The van der Waals surface area contributed by atoms with Gasteiger partial charge in [0.15, 0.2) is 0 Å². The summed E-state index contributed by atoms with van der Waals surface area (Å²) >= 11 is 5.94. The molecule has 0 unspecified atom stereocenters. The minimum absolute atomic E-state index is 0.316. The molecule has 0 amide bonds. The molecule has 1 heterocycles. The van der Waals surface area contributed by atoms with Crippen molar-refractivity contribution in [2.75, 3.05) is 13.6 Å². The fourth-order valence-corrected chi connectivity index (χ4v) is 2.18. The molecule has 0 bridgehead atoms. The zero-order valence-electron chi connectivity index (χ0n) is 10.4. The van der Waals surface area contributed by atoms with Gasteiger partial charge in [0.1, 0.15) is 0 Å². The Morgan fingerprint density at radius 2 is 1.94 bits per heavy atom. The van der Waals surface area contributed by atoms with Crippen LogP contribution in [0.2, 0.25) is 5.02 Å². The Hall–Kier alpha value is -1.38. The fourth-order valence-electron chi connectivity index (χ4n) is 2.05. The van der Waals surface area contributed by atoms with Crippen LogP contribution in [0.4, 0.5) is 0 Å². The number of nitrogens with zero attached hydrogens (tertiary/aromatic N) is 1. The molecule has 1 atom stereocenters. The van der Waals surface area contributed by atoms with Crippen LogP contribution in [-0.2, 0) is 0 Å². The summed E-state index contributed by atoms with van der Waals surface area (Å²) in [5.41, 5.74) is 2.36. The Labute approximate surface area is 113 Å². The lowest BCUT2D eigenvalue weighted by molar-refractivity contribution is 0.649. The van der Waals surface area contributed by atoms with Crippen molar-refractivity contribution >= 4 is 11.6 Å². The maximum atomic E-state index is 5.94. The molecule has 18 heavy (non-hydrogen) atoms. The molecule has 1 aromatic heterocycles. The van der Waals surface area contributed by atoms with Gasteiger partial charge in [-0.3, -0.25) is 4.98 Å². The Morgan fingerprint density at radius 3 is 2.56 bits per heavy atom. The zero-order chi connectivity index (χ0) is 12.8.